The van der Waals surface area contributed by atoms with Crippen molar-refractivity contribution in [1.82, 2.24) is 4.90 Å². The first kappa shape index (κ1) is 14.6. The van der Waals surface area contributed by atoms with Crippen molar-refractivity contribution >= 4 is 16.9 Å². The Morgan fingerprint density at radius 2 is 2.06 bits per heavy atom. The minimum atomic E-state index is -0.228. The van der Waals surface area contributed by atoms with Crippen molar-refractivity contribution in [1.29, 1.82) is 0 Å². The molecule has 0 N–H and O–H groups in total. The van der Waals surface area contributed by atoms with Gasteiger partial charge in [-0.2, -0.15) is 0 Å². The zero-order valence-corrected chi connectivity index (χ0v) is 12.4. The Bertz CT molecular complexity index is 340. The molecule has 0 saturated heterocycles. The van der Waals surface area contributed by atoms with Gasteiger partial charge in [-0.15, -0.1) is 0 Å². The lowest BCUT2D eigenvalue weighted by Gasteiger charge is -2.38. The number of carbonyl (C=O) groups excluding carboxylic acids is 1. The average molecular weight is 253 g/mol. The van der Waals surface area contributed by atoms with Crippen LogP contribution in [0.15, 0.2) is 0 Å². The smallest absolute Gasteiger partial charge is 0.262 e. The normalized spacial score (nSPS) is 24.6. The third kappa shape index (κ3) is 3.76. The Morgan fingerprint density at radius 1 is 1.41 bits per heavy atom. The van der Waals surface area contributed by atoms with Crippen LogP contribution in [0.5, 0.6) is 0 Å². The zero-order chi connectivity index (χ0) is 13.1. The molecular weight excluding hydrogens is 230 g/mol. The molecule has 0 aromatic rings. The van der Waals surface area contributed by atoms with Crippen molar-refractivity contribution in [2.24, 2.45) is 5.92 Å². The second-order valence-corrected chi connectivity index (χ2v) is 6.17. The molecule has 0 aliphatic heterocycles. The molecule has 0 heterocycles. The minimum absolute atomic E-state index is 0.0501. The Morgan fingerprint density at radius 3 is 2.53 bits per heavy atom. The molecule has 1 fully saturated rings. The second kappa shape index (κ2) is 5.93. The fourth-order valence-electron chi connectivity index (χ4n) is 2.46. The van der Waals surface area contributed by atoms with Gasteiger partial charge in [-0.3, -0.25) is 9.69 Å². The van der Waals surface area contributed by atoms with Gasteiger partial charge in [0.05, 0.1) is 5.54 Å². The van der Waals surface area contributed by atoms with E-state index in [2.05, 4.69) is 44.6 Å². The molecule has 1 saturated carbocycles. The Kier molecular flexibility index (Phi) is 5.09. The highest BCUT2D eigenvalue weighted by Crippen LogP contribution is 2.32. The zero-order valence-electron chi connectivity index (χ0n) is 11.5. The van der Waals surface area contributed by atoms with Gasteiger partial charge in [0.15, 0.2) is 0 Å². The van der Waals surface area contributed by atoms with Crippen molar-refractivity contribution in [3.05, 3.63) is 0 Å². The van der Waals surface area contributed by atoms with Crippen LogP contribution in [0.4, 0.5) is 0 Å². The van der Waals surface area contributed by atoms with E-state index >= 15 is 0 Å². The molecule has 0 bridgehead atoms. The largest absolute Gasteiger partial charge is 0.288 e. The molecule has 1 aliphatic carbocycles. The third-order valence-electron chi connectivity index (χ3n) is 3.85. The SMILES string of the molecule is CSC(=O)C#CC(C)(C)N(C)C1CCCC1C. The maximum absolute atomic E-state index is 11.2. The van der Waals surface area contributed by atoms with Crippen LogP contribution in [0.25, 0.3) is 0 Å². The standard InChI is InChI=1S/C14H23NOS/c1-11-7-6-8-12(11)15(4)14(2,3)10-9-13(16)17-5/h11-12H,6-8H2,1-5H3. The summed E-state index contributed by atoms with van der Waals surface area (Å²) < 4.78 is 0. The van der Waals surface area contributed by atoms with Crippen molar-refractivity contribution in [2.75, 3.05) is 13.3 Å². The van der Waals surface area contributed by atoms with Crippen LogP contribution in [0.3, 0.4) is 0 Å². The van der Waals surface area contributed by atoms with Crippen molar-refractivity contribution in [3.8, 4) is 11.8 Å². The molecule has 2 atom stereocenters. The topological polar surface area (TPSA) is 20.3 Å². The summed E-state index contributed by atoms with van der Waals surface area (Å²) in [4.78, 5) is 13.6. The molecule has 0 radical (unpaired) electrons. The first-order valence-corrected chi connectivity index (χ1v) is 7.45. The number of nitrogens with zero attached hydrogens (tertiary/aromatic N) is 1. The van der Waals surface area contributed by atoms with Gasteiger partial charge in [0.25, 0.3) is 5.12 Å². The molecule has 2 unspecified atom stereocenters. The molecule has 0 aromatic carbocycles. The number of hydrogen-bond acceptors (Lipinski definition) is 3. The van der Waals surface area contributed by atoms with Gasteiger partial charge in [0.1, 0.15) is 0 Å². The molecule has 0 aromatic heterocycles. The quantitative estimate of drug-likeness (QED) is 0.706. The van der Waals surface area contributed by atoms with Crippen LogP contribution < -0.4 is 0 Å². The van der Waals surface area contributed by atoms with Gasteiger partial charge >= 0.3 is 0 Å². The van der Waals surface area contributed by atoms with E-state index in [0.29, 0.717) is 6.04 Å². The van der Waals surface area contributed by atoms with Gasteiger partial charge in [-0.25, -0.2) is 0 Å². The van der Waals surface area contributed by atoms with E-state index in [1.165, 1.54) is 31.0 Å². The minimum Gasteiger partial charge on any atom is -0.288 e. The summed E-state index contributed by atoms with van der Waals surface area (Å²) in [7, 11) is 2.13. The maximum atomic E-state index is 11.2. The lowest BCUT2D eigenvalue weighted by atomic mass is 9.97. The van der Waals surface area contributed by atoms with Crippen LogP contribution in [-0.2, 0) is 4.79 Å². The van der Waals surface area contributed by atoms with Crippen LogP contribution in [0.1, 0.15) is 40.0 Å². The first-order valence-electron chi connectivity index (χ1n) is 6.22. The Hall–Kier alpha value is -0.460. The van der Waals surface area contributed by atoms with Crippen molar-refractivity contribution in [2.45, 2.75) is 51.6 Å². The highest BCUT2D eigenvalue weighted by atomic mass is 32.2. The summed E-state index contributed by atoms with van der Waals surface area (Å²) in [6.45, 7) is 6.50. The second-order valence-electron chi connectivity index (χ2n) is 5.39. The molecule has 2 nitrogen and oxygen atoms in total. The molecule has 17 heavy (non-hydrogen) atoms. The lowest BCUT2D eigenvalue weighted by molar-refractivity contribution is -0.106. The highest BCUT2D eigenvalue weighted by molar-refractivity contribution is 8.13. The monoisotopic (exact) mass is 253 g/mol. The average Bonchev–Trinajstić information content (AvgIpc) is 2.71. The summed E-state index contributed by atoms with van der Waals surface area (Å²) in [5.74, 6) is 6.57. The number of thioether (sulfide) groups is 1. The maximum Gasteiger partial charge on any atom is 0.262 e. The van der Waals surface area contributed by atoms with Crippen LogP contribution >= 0.6 is 11.8 Å². The van der Waals surface area contributed by atoms with Gasteiger partial charge in [-0.1, -0.05) is 31.0 Å². The molecule has 96 valence electrons. The number of rotatable bonds is 2. The number of hydrogen-bond donors (Lipinski definition) is 0. The molecule has 1 rings (SSSR count). The van der Waals surface area contributed by atoms with Gasteiger partial charge in [0, 0.05) is 6.04 Å². The van der Waals surface area contributed by atoms with E-state index < -0.39 is 0 Å². The van der Waals surface area contributed by atoms with E-state index in [1.807, 2.05) is 0 Å². The first-order chi connectivity index (χ1) is 7.88. The van der Waals surface area contributed by atoms with Gasteiger partial charge in [-0.05, 0) is 51.8 Å². The fourth-order valence-corrected chi connectivity index (χ4v) is 2.61. The van der Waals surface area contributed by atoms with Crippen molar-refractivity contribution < 1.29 is 4.79 Å². The van der Waals surface area contributed by atoms with Crippen LogP contribution in [0.2, 0.25) is 0 Å². The predicted octanol–water partition coefficient (Wildman–Crippen LogP) is 2.78. The Labute approximate surface area is 110 Å². The van der Waals surface area contributed by atoms with Crippen LogP contribution in [-0.4, -0.2) is 34.9 Å². The molecule has 3 heteroatoms. The predicted molar refractivity (Wildman–Crippen MR) is 74.9 cm³/mol. The molecule has 0 amide bonds. The summed E-state index contributed by atoms with van der Waals surface area (Å²) >= 11 is 1.18. The van der Waals surface area contributed by atoms with E-state index in [-0.39, 0.29) is 10.7 Å². The molecular formula is C14H23NOS. The van der Waals surface area contributed by atoms with E-state index in [0.717, 1.165) is 5.92 Å². The van der Waals surface area contributed by atoms with E-state index in [1.54, 1.807) is 6.26 Å². The summed E-state index contributed by atoms with van der Waals surface area (Å²) in [5, 5.41) is -0.0501. The fraction of sp³-hybridized carbons (Fsp3) is 0.786. The van der Waals surface area contributed by atoms with Gasteiger partial charge < -0.3 is 0 Å². The van der Waals surface area contributed by atoms with E-state index in [4.69, 9.17) is 0 Å². The highest BCUT2D eigenvalue weighted by Gasteiger charge is 2.34. The van der Waals surface area contributed by atoms with Gasteiger partial charge in [0.2, 0.25) is 0 Å². The lowest BCUT2D eigenvalue weighted by Crippen LogP contribution is -2.47. The third-order valence-corrected chi connectivity index (χ3v) is 4.32. The van der Waals surface area contributed by atoms with Crippen LogP contribution in [0, 0.1) is 17.8 Å². The van der Waals surface area contributed by atoms with E-state index in [9.17, 15) is 4.79 Å². The summed E-state index contributed by atoms with van der Waals surface area (Å²) in [6, 6.07) is 0.601. The number of carbonyl (C=O) groups is 1. The summed E-state index contributed by atoms with van der Waals surface area (Å²) in [5.41, 5.74) is -0.228. The molecule has 1 aliphatic rings. The Balaban J connectivity index is 2.74. The molecule has 0 spiro atoms. The summed E-state index contributed by atoms with van der Waals surface area (Å²) in [6.07, 6.45) is 5.64. The van der Waals surface area contributed by atoms with Crippen molar-refractivity contribution in [3.63, 3.8) is 0 Å².